The van der Waals surface area contributed by atoms with Crippen molar-refractivity contribution in [2.75, 3.05) is 26.2 Å². The smallest absolute Gasteiger partial charge is 0.547 e. The van der Waals surface area contributed by atoms with Crippen LogP contribution in [0.15, 0.2) is 42.7 Å². The number of fused-ring (bicyclic) bond motifs is 2. The number of benzene rings is 2. The molecule has 2 amide bonds. The molecule has 0 spiro atoms. The SMILES string of the molecule is CC(C)(C)OC(=O)N1CCN(Cc2ccc(-c3cc(F)c4c(c3)C(=O)N(C(C(=O)[O-])c3ncn5c3CCC5)C4)cc2)CC1.[Li+]. The number of imidazole rings is 1. The number of hydrogen-bond acceptors (Lipinski definition) is 7. The normalized spacial score (nSPS) is 17.2. The minimum absolute atomic E-state index is 0. The molecule has 1 unspecified atom stereocenters. The molecule has 44 heavy (non-hydrogen) atoms. The summed E-state index contributed by atoms with van der Waals surface area (Å²) in [5.74, 6) is -2.54. The van der Waals surface area contributed by atoms with Gasteiger partial charge in [0.05, 0.1) is 24.5 Å². The Morgan fingerprint density at radius 1 is 1.05 bits per heavy atom. The van der Waals surface area contributed by atoms with Crippen LogP contribution in [-0.2, 0) is 35.6 Å². The molecule has 3 aromatic rings. The van der Waals surface area contributed by atoms with Crippen LogP contribution < -0.4 is 24.0 Å². The predicted molar refractivity (Wildman–Crippen MR) is 153 cm³/mol. The van der Waals surface area contributed by atoms with Crippen molar-refractivity contribution in [2.45, 2.75) is 64.9 Å². The van der Waals surface area contributed by atoms with Gasteiger partial charge in [0.25, 0.3) is 5.91 Å². The molecule has 1 atom stereocenters. The van der Waals surface area contributed by atoms with Crippen LogP contribution in [0.4, 0.5) is 9.18 Å². The van der Waals surface area contributed by atoms with E-state index in [1.54, 1.807) is 17.3 Å². The molecule has 0 bridgehead atoms. The molecule has 226 valence electrons. The van der Waals surface area contributed by atoms with E-state index >= 15 is 4.39 Å². The third-order valence-electron chi connectivity index (χ3n) is 8.32. The zero-order valence-electron chi connectivity index (χ0n) is 25.6. The summed E-state index contributed by atoms with van der Waals surface area (Å²) in [4.78, 5) is 47.5. The fourth-order valence-electron chi connectivity index (χ4n) is 6.16. The fraction of sp³-hybridized carbons (Fsp3) is 0.438. The maximum atomic E-state index is 15.4. The minimum atomic E-state index is -1.43. The summed E-state index contributed by atoms with van der Waals surface area (Å²) in [7, 11) is 0. The molecule has 10 nitrogen and oxygen atoms in total. The number of ether oxygens (including phenoxy) is 1. The molecule has 2 aromatic carbocycles. The van der Waals surface area contributed by atoms with Crippen molar-refractivity contribution in [1.82, 2.24) is 24.3 Å². The number of hydrogen-bond donors (Lipinski definition) is 0. The van der Waals surface area contributed by atoms with E-state index in [0.717, 1.165) is 47.8 Å². The second-order valence-electron chi connectivity index (χ2n) is 12.5. The Kier molecular flexibility index (Phi) is 8.94. The molecule has 4 heterocycles. The average molecular weight is 596 g/mol. The molecule has 6 rings (SSSR count). The van der Waals surface area contributed by atoms with Crippen molar-refractivity contribution in [3.05, 3.63) is 76.6 Å². The van der Waals surface area contributed by atoms with Gasteiger partial charge in [0.2, 0.25) is 0 Å². The van der Waals surface area contributed by atoms with Crippen molar-refractivity contribution < 1.29 is 47.5 Å². The van der Waals surface area contributed by atoms with Crippen LogP contribution in [0.3, 0.4) is 0 Å². The second-order valence-corrected chi connectivity index (χ2v) is 12.5. The van der Waals surface area contributed by atoms with E-state index in [2.05, 4.69) is 9.88 Å². The van der Waals surface area contributed by atoms with Gasteiger partial charge in [-0.2, -0.15) is 0 Å². The molecule has 3 aliphatic heterocycles. The van der Waals surface area contributed by atoms with E-state index in [4.69, 9.17) is 4.74 Å². The van der Waals surface area contributed by atoms with E-state index in [1.807, 2.05) is 49.6 Å². The molecule has 1 aromatic heterocycles. The molecule has 0 aliphatic carbocycles. The molecule has 0 radical (unpaired) electrons. The molecule has 0 saturated carbocycles. The molecular weight excluding hydrogens is 560 g/mol. The van der Waals surface area contributed by atoms with Gasteiger partial charge in [0.1, 0.15) is 17.5 Å². The van der Waals surface area contributed by atoms with E-state index in [9.17, 15) is 19.5 Å². The number of nitrogens with zero attached hydrogens (tertiary/aromatic N) is 5. The van der Waals surface area contributed by atoms with Gasteiger partial charge >= 0.3 is 25.0 Å². The maximum absolute atomic E-state index is 15.4. The predicted octanol–water partition coefficient (Wildman–Crippen LogP) is 0.139. The maximum Gasteiger partial charge on any atom is 1.00 e. The first-order chi connectivity index (χ1) is 20.5. The quantitative estimate of drug-likeness (QED) is 0.373. The number of carboxylic acids is 1. The summed E-state index contributed by atoms with van der Waals surface area (Å²) < 4.78 is 22.7. The molecule has 1 saturated heterocycles. The number of halogens is 1. The fourth-order valence-corrected chi connectivity index (χ4v) is 6.16. The summed E-state index contributed by atoms with van der Waals surface area (Å²) in [6.07, 6.45) is 2.85. The standard InChI is InChI=1S/C32H36FN5O5.Li/c1-32(2,3)43-31(42)36-13-11-35(12-14-36)17-20-6-8-21(9-7-20)22-15-23-24(25(33)16-22)18-38(29(23)39)28(30(40)41)27-26-5-4-10-37(26)19-34-27;/h6-9,15-16,19,28H,4-5,10-14,17-18H2,1-3H3,(H,40,41);/q;+1/p-1. The Hall–Kier alpha value is -3.65. The molecule has 0 N–H and O–H groups in total. The number of carbonyl (C=O) groups is 3. The first-order valence-corrected chi connectivity index (χ1v) is 14.7. The van der Waals surface area contributed by atoms with Crippen molar-refractivity contribution in [2.24, 2.45) is 0 Å². The van der Waals surface area contributed by atoms with Crippen LogP contribution in [0, 0.1) is 5.82 Å². The van der Waals surface area contributed by atoms with E-state index in [0.29, 0.717) is 37.3 Å². The Morgan fingerprint density at radius 3 is 2.41 bits per heavy atom. The summed E-state index contributed by atoms with van der Waals surface area (Å²) in [5, 5.41) is 12.3. The first kappa shape index (κ1) is 31.8. The zero-order valence-corrected chi connectivity index (χ0v) is 25.6. The van der Waals surface area contributed by atoms with Crippen LogP contribution in [-0.4, -0.2) is 74.0 Å². The monoisotopic (exact) mass is 595 g/mol. The Balaban J connectivity index is 0.00000384. The minimum Gasteiger partial charge on any atom is -0.547 e. The average Bonchev–Trinajstić information content (AvgIpc) is 3.66. The van der Waals surface area contributed by atoms with Gasteiger partial charge in [-0.1, -0.05) is 24.3 Å². The Labute approximate surface area is 268 Å². The van der Waals surface area contributed by atoms with Crippen LogP contribution in [0.1, 0.15) is 66.1 Å². The van der Waals surface area contributed by atoms with Crippen molar-refractivity contribution >= 4 is 18.0 Å². The molecular formula is C32H35FLiN5O5. The van der Waals surface area contributed by atoms with Crippen LogP contribution >= 0.6 is 0 Å². The second kappa shape index (κ2) is 12.4. The number of aromatic nitrogens is 2. The number of aryl methyl sites for hydroxylation is 1. The summed E-state index contributed by atoms with van der Waals surface area (Å²) >= 11 is 0. The number of carboxylic acid groups (broad SMARTS) is 1. The van der Waals surface area contributed by atoms with Gasteiger partial charge in [-0.3, -0.25) is 9.69 Å². The number of amides is 2. The number of piperazine rings is 1. The summed E-state index contributed by atoms with van der Waals surface area (Å²) in [6.45, 7) is 9.49. The van der Waals surface area contributed by atoms with Crippen LogP contribution in [0.2, 0.25) is 0 Å². The van der Waals surface area contributed by atoms with Crippen LogP contribution in [0.25, 0.3) is 11.1 Å². The van der Waals surface area contributed by atoms with Crippen molar-refractivity contribution in [3.63, 3.8) is 0 Å². The van der Waals surface area contributed by atoms with Crippen LogP contribution in [0.5, 0.6) is 0 Å². The Bertz CT molecular complexity index is 1580. The van der Waals surface area contributed by atoms with Gasteiger partial charge in [0, 0.05) is 56.1 Å². The van der Waals surface area contributed by atoms with Crippen molar-refractivity contribution in [3.8, 4) is 11.1 Å². The molecule has 12 heteroatoms. The van der Waals surface area contributed by atoms with Gasteiger partial charge in [-0.25, -0.2) is 14.2 Å². The van der Waals surface area contributed by atoms with Crippen molar-refractivity contribution in [1.29, 1.82) is 0 Å². The molecule has 3 aliphatic rings. The topological polar surface area (TPSA) is 111 Å². The van der Waals surface area contributed by atoms with Gasteiger partial charge in [0.15, 0.2) is 0 Å². The Morgan fingerprint density at radius 2 is 1.75 bits per heavy atom. The third kappa shape index (κ3) is 6.27. The van der Waals surface area contributed by atoms with Gasteiger partial charge in [-0.15, -0.1) is 0 Å². The number of carbonyl (C=O) groups excluding carboxylic acids is 3. The zero-order chi connectivity index (χ0) is 30.5. The van der Waals surface area contributed by atoms with E-state index in [1.165, 1.54) is 6.07 Å². The number of aliphatic carboxylic acids is 1. The van der Waals surface area contributed by atoms with Gasteiger partial charge < -0.3 is 29.0 Å². The summed E-state index contributed by atoms with van der Waals surface area (Å²) in [6, 6.07) is 9.37. The molecule has 1 fully saturated rings. The largest absolute Gasteiger partial charge is 1.00 e. The van der Waals surface area contributed by atoms with E-state index in [-0.39, 0.29) is 42.6 Å². The summed E-state index contributed by atoms with van der Waals surface area (Å²) in [5.41, 5.74) is 3.24. The third-order valence-corrected chi connectivity index (χ3v) is 8.32. The van der Waals surface area contributed by atoms with Gasteiger partial charge in [-0.05, 0) is 62.4 Å². The first-order valence-electron chi connectivity index (χ1n) is 14.7. The van der Waals surface area contributed by atoms with E-state index < -0.39 is 29.3 Å². The number of rotatable bonds is 6.